The third kappa shape index (κ3) is 2.85. The van der Waals surface area contributed by atoms with Gasteiger partial charge in [0.05, 0.1) is 6.61 Å². The molecule has 1 aromatic carbocycles. The molecule has 94 valence electrons. The van der Waals surface area contributed by atoms with Crippen molar-refractivity contribution in [2.24, 2.45) is 0 Å². The Hall–Kier alpha value is -0.930. The van der Waals surface area contributed by atoms with Crippen LogP contribution in [0.15, 0.2) is 24.3 Å². The second-order valence-electron chi connectivity index (χ2n) is 5.13. The van der Waals surface area contributed by atoms with Gasteiger partial charge >= 0.3 is 0 Å². The molecular weight excluding hydrogens is 217 g/mol. The van der Waals surface area contributed by atoms with Crippen LogP contribution in [0.2, 0.25) is 0 Å². The fourth-order valence-electron chi connectivity index (χ4n) is 2.77. The molecule has 0 spiro atoms. The first-order valence-corrected chi connectivity index (χ1v) is 6.13. The average Bonchev–Trinajstić information content (AvgIpc) is 2.29. The van der Waals surface area contributed by atoms with E-state index in [4.69, 9.17) is 4.74 Å². The van der Waals surface area contributed by atoms with Gasteiger partial charge < -0.3 is 10.1 Å². The normalized spacial score (nSPS) is 29.2. The highest BCUT2D eigenvalue weighted by molar-refractivity contribution is 5.23. The van der Waals surface area contributed by atoms with Crippen LogP contribution in [0.25, 0.3) is 0 Å². The number of hydrogen-bond acceptors (Lipinski definition) is 2. The molecule has 2 nitrogen and oxygen atoms in total. The van der Waals surface area contributed by atoms with Crippen LogP contribution in [-0.4, -0.2) is 25.8 Å². The van der Waals surface area contributed by atoms with Crippen molar-refractivity contribution in [3.63, 3.8) is 0 Å². The van der Waals surface area contributed by atoms with Gasteiger partial charge in [0.25, 0.3) is 0 Å². The Kier molecular flexibility index (Phi) is 3.79. The summed E-state index contributed by atoms with van der Waals surface area (Å²) in [7, 11) is 1.71. The van der Waals surface area contributed by atoms with Crippen LogP contribution in [0.3, 0.4) is 0 Å². The first kappa shape index (κ1) is 12.5. The lowest BCUT2D eigenvalue weighted by Crippen LogP contribution is -2.51. The van der Waals surface area contributed by atoms with E-state index < -0.39 is 0 Å². The van der Waals surface area contributed by atoms with Gasteiger partial charge in [0, 0.05) is 12.6 Å². The van der Waals surface area contributed by atoms with E-state index in [1.165, 1.54) is 0 Å². The van der Waals surface area contributed by atoms with Crippen molar-refractivity contribution in [3.05, 3.63) is 35.6 Å². The molecule has 1 aromatic rings. The highest BCUT2D eigenvalue weighted by atomic mass is 19.1. The SMILES string of the molecule is COCC1(C)CC(c2ccccc2F)CCN1. The van der Waals surface area contributed by atoms with Gasteiger partial charge in [-0.25, -0.2) is 4.39 Å². The standard InChI is InChI=1S/C14H20FNO/c1-14(10-17-2)9-11(7-8-16-14)12-5-3-4-6-13(12)15/h3-6,11,16H,7-10H2,1-2H3. The molecular formula is C14H20FNO. The van der Waals surface area contributed by atoms with Crippen LogP contribution in [0.4, 0.5) is 4.39 Å². The van der Waals surface area contributed by atoms with Gasteiger partial charge in [-0.15, -0.1) is 0 Å². The lowest BCUT2D eigenvalue weighted by Gasteiger charge is -2.39. The van der Waals surface area contributed by atoms with Gasteiger partial charge in [0.1, 0.15) is 5.82 Å². The molecule has 1 saturated heterocycles. The smallest absolute Gasteiger partial charge is 0.126 e. The minimum absolute atomic E-state index is 0.0417. The lowest BCUT2D eigenvalue weighted by atomic mass is 9.80. The minimum Gasteiger partial charge on any atom is -0.383 e. The van der Waals surface area contributed by atoms with E-state index >= 15 is 0 Å². The van der Waals surface area contributed by atoms with Crippen LogP contribution in [0.5, 0.6) is 0 Å². The third-order valence-corrected chi connectivity index (χ3v) is 3.55. The largest absolute Gasteiger partial charge is 0.383 e. The van der Waals surface area contributed by atoms with Gasteiger partial charge in [0.2, 0.25) is 0 Å². The van der Waals surface area contributed by atoms with Gasteiger partial charge in [-0.3, -0.25) is 0 Å². The average molecular weight is 237 g/mol. The molecule has 1 aliphatic rings. The topological polar surface area (TPSA) is 21.3 Å². The molecule has 0 aliphatic carbocycles. The predicted octanol–water partition coefficient (Wildman–Crippen LogP) is 2.70. The van der Waals surface area contributed by atoms with Crippen molar-refractivity contribution in [2.75, 3.05) is 20.3 Å². The van der Waals surface area contributed by atoms with E-state index in [0.29, 0.717) is 6.61 Å². The summed E-state index contributed by atoms with van der Waals surface area (Å²) in [6.45, 7) is 3.72. The summed E-state index contributed by atoms with van der Waals surface area (Å²) < 4.78 is 19.0. The molecule has 3 heteroatoms. The maximum atomic E-state index is 13.8. The number of halogens is 1. The summed E-state index contributed by atoms with van der Waals surface area (Å²) >= 11 is 0. The van der Waals surface area contributed by atoms with E-state index in [2.05, 4.69) is 12.2 Å². The molecule has 0 amide bonds. The Morgan fingerprint density at radius 1 is 1.47 bits per heavy atom. The molecule has 1 aliphatic heterocycles. The Morgan fingerprint density at radius 2 is 2.24 bits per heavy atom. The minimum atomic E-state index is -0.0841. The zero-order chi connectivity index (χ0) is 12.3. The number of hydrogen-bond donors (Lipinski definition) is 1. The van der Waals surface area contributed by atoms with Crippen LogP contribution >= 0.6 is 0 Å². The third-order valence-electron chi connectivity index (χ3n) is 3.55. The lowest BCUT2D eigenvalue weighted by molar-refractivity contribution is 0.0942. The molecule has 0 bridgehead atoms. The number of rotatable bonds is 3. The molecule has 2 atom stereocenters. The molecule has 0 aromatic heterocycles. The molecule has 2 unspecified atom stereocenters. The van der Waals surface area contributed by atoms with Crippen LogP contribution in [0.1, 0.15) is 31.2 Å². The van der Waals surface area contributed by atoms with Crippen molar-refractivity contribution in [3.8, 4) is 0 Å². The molecule has 1 heterocycles. The Morgan fingerprint density at radius 3 is 2.94 bits per heavy atom. The van der Waals surface area contributed by atoms with Crippen molar-refractivity contribution in [2.45, 2.75) is 31.2 Å². The fraction of sp³-hybridized carbons (Fsp3) is 0.571. The highest BCUT2D eigenvalue weighted by Gasteiger charge is 2.33. The summed E-state index contributed by atoms with van der Waals surface area (Å²) in [4.78, 5) is 0. The summed E-state index contributed by atoms with van der Waals surface area (Å²) in [5.74, 6) is 0.205. The van der Waals surface area contributed by atoms with E-state index in [9.17, 15) is 4.39 Å². The maximum Gasteiger partial charge on any atom is 0.126 e. The van der Waals surface area contributed by atoms with Crippen LogP contribution < -0.4 is 5.32 Å². The number of benzene rings is 1. The number of piperidine rings is 1. The van der Waals surface area contributed by atoms with Gasteiger partial charge in [0.15, 0.2) is 0 Å². The zero-order valence-electron chi connectivity index (χ0n) is 10.5. The second kappa shape index (κ2) is 5.15. The number of ether oxygens (including phenoxy) is 1. The predicted molar refractivity (Wildman–Crippen MR) is 66.7 cm³/mol. The number of nitrogens with one attached hydrogen (secondary N) is 1. The summed E-state index contributed by atoms with van der Waals surface area (Å²) in [5.41, 5.74) is 0.802. The molecule has 0 radical (unpaired) electrons. The maximum absolute atomic E-state index is 13.8. The molecule has 1 fully saturated rings. The van der Waals surface area contributed by atoms with Crippen LogP contribution in [0, 0.1) is 5.82 Å². The second-order valence-corrected chi connectivity index (χ2v) is 5.13. The summed E-state index contributed by atoms with van der Waals surface area (Å²) in [5, 5.41) is 3.47. The molecule has 1 N–H and O–H groups in total. The molecule has 0 saturated carbocycles. The van der Waals surface area contributed by atoms with Crippen molar-refractivity contribution in [1.29, 1.82) is 0 Å². The summed E-state index contributed by atoms with van der Waals surface area (Å²) in [6, 6.07) is 7.10. The van der Waals surface area contributed by atoms with Gasteiger partial charge in [-0.1, -0.05) is 18.2 Å². The quantitative estimate of drug-likeness (QED) is 0.872. The first-order chi connectivity index (χ1) is 8.14. The van der Waals surface area contributed by atoms with E-state index in [1.54, 1.807) is 19.2 Å². The molecule has 2 rings (SSSR count). The monoisotopic (exact) mass is 237 g/mol. The first-order valence-electron chi connectivity index (χ1n) is 6.13. The number of methoxy groups -OCH3 is 1. The van der Waals surface area contributed by atoms with E-state index in [1.807, 2.05) is 12.1 Å². The van der Waals surface area contributed by atoms with Gasteiger partial charge in [-0.2, -0.15) is 0 Å². The highest BCUT2D eigenvalue weighted by Crippen LogP contribution is 2.33. The van der Waals surface area contributed by atoms with Crippen molar-refractivity contribution < 1.29 is 9.13 Å². The van der Waals surface area contributed by atoms with Crippen molar-refractivity contribution in [1.82, 2.24) is 5.32 Å². The Bertz CT molecular complexity index is 378. The van der Waals surface area contributed by atoms with Gasteiger partial charge in [-0.05, 0) is 43.9 Å². The van der Waals surface area contributed by atoms with Crippen molar-refractivity contribution >= 4 is 0 Å². The summed E-state index contributed by atoms with van der Waals surface area (Å²) in [6.07, 6.45) is 1.90. The fourth-order valence-corrected chi connectivity index (χ4v) is 2.77. The van der Waals surface area contributed by atoms with Crippen LogP contribution in [-0.2, 0) is 4.74 Å². The Labute approximate surface area is 102 Å². The molecule has 17 heavy (non-hydrogen) atoms. The van der Waals surface area contributed by atoms with E-state index in [0.717, 1.165) is 24.9 Å². The zero-order valence-corrected chi connectivity index (χ0v) is 10.5. The Balaban J connectivity index is 2.15. The van der Waals surface area contributed by atoms with E-state index in [-0.39, 0.29) is 17.3 Å².